The molecule has 0 saturated heterocycles. The molecule has 0 amide bonds. The van der Waals surface area contributed by atoms with Crippen molar-refractivity contribution in [3.63, 3.8) is 0 Å². The molecular formula is C24H24N2O5S2. The number of rotatable bonds is 8. The van der Waals surface area contributed by atoms with E-state index in [4.69, 9.17) is 14.2 Å². The second kappa shape index (κ2) is 10.3. The highest BCUT2D eigenvalue weighted by molar-refractivity contribution is 7.11. The Morgan fingerprint density at radius 1 is 1.21 bits per heavy atom. The summed E-state index contributed by atoms with van der Waals surface area (Å²) in [6.45, 7) is 4.63. The van der Waals surface area contributed by atoms with Crippen molar-refractivity contribution in [2.75, 3.05) is 26.9 Å². The molecule has 0 bridgehead atoms. The highest BCUT2D eigenvalue weighted by atomic mass is 32.1. The number of allylic oxidation sites excluding steroid dienone is 1. The smallest absolute Gasteiger partial charge is 0.338 e. The molecule has 2 aromatic heterocycles. The second-order valence-corrected chi connectivity index (χ2v) is 9.22. The van der Waals surface area contributed by atoms with Gasteiger partial charge in [-0.15, -0.1) is 11.3 Å². The summed E-state index contributed by atoms with van der Waals surface area (Å²) in [4.78, 5) is 32.7. The SMILES string of the molecule is CCOc1ccc(C2C(C(=O)OCCOC)=C(C)N=c3s/c(=C\c4cccs4)c(=O)n32)cc1. The minimum atomic E-state index is -0.655. The summed E-state index contributed by atoms with van der Waals surface area (Å²) in [5.41, 5.74) is 1.45. The second-order valence-electron chi connectivity index (χ2n) is 7.23. The van der Waals surface area contributed by atoms with Gasteiger partial charge in [-0.2, -0.15) is 0 Å². The fourth-order valence-electron chi connectivity index (χ4n) is 3.61. The third-order valence-corrected chi connectivity index (χ3v) is 6.89. The number of aromatic nitrogens is 1. The van der Waals surface area contributed by atoms with Gasteiger partial charge in [-0.3, -0.25) is 9.36 Å². The van der Waals surface area contributed by atoms with Gasteiger partial charge >= 0.3 is 5.97 Å². The number of ether oxygens (including phenoxy) is 3. The Hall–Kier alpha value is -3.01. The largest absolute Gasteiger partial charge is 0.494 e. The lowest BCUT2D eigenvalue weighted by Crippen LogP contribution is -2.40. The predicted octanol–water partition coefficient (Wildman–Crippen LogP) is 2.89. The number of carbonyl (C=O) groups is 1. The topological polar surface area (TPSA) is 79.1 Å². The molecule has 172 valence electrons. The van der Waals surface area contributed by atoms with Gasteiger partial charge in [0, 0.05) is 12.0 Å². The van der Waals surface area contributed by atoms with Crippen LogP contribution in [0.25, 0.3) is 6.08 Å². The van der Waals surface area contributed by atoms with Crippen molar-refractivity contribution in [1.29, 1.82) is 0 Å². The van der Waals surface area contributed by atoms with Crippen molar-refractivity contribution >= 4 is 34.7 Å². The van der Waals surface area contributed by atoms with E-state index in [1.807, 2.05) is 54.8 Å². The van der Waals surface area contributed by atoms with Crippen molar-refractivity contribution in [3.8, 4) is 5.75 Å². The van der Waals surface area contributed by atoms with Crippen LogP contribution in [-0.4, -0.2) is 37.5 Å². The fraction of sp³-hybridized carbons (Fsp3) is 0.292. The molecule has 3 heterocycles. The highest BCUT2D eigenvalue weighted by Crippen LogP contribution is 2.31. The van der Waals surface area contributed by atoms with Crippen LogP contribution < -0.4 is 19.6 Å². The third kappa shape index (κ3) is 4.85. The lowest BCUT2D eigenvalue weighted by Gasteiger charge is -2.25. The van der Waals surface area contributed by atoms with Gasteiger partial charge < -0.3 is 14.2 Å². The number of thiazole rings is 1. The van der Waals surface area contributed by atoms with Crippen LogP contribution >= 0.6 is 22.7 Å². The van der Waals surface area contributed by atoms with E-state index in [0.29, 0.717) is 27.2 Å². The number of methoxy groups -OCH3 is 1. The van der Waals surface area contributed by atoms with Crippen molar-refractivity contribution in [2.45, 2.75) is 19.9 Å². The highest BCUT2D eigenvalue weighted by Gasteiger charge is 2.33. The van der Waals surface area contributed by atoms with E-state index in [-0.39, 0.29) is 18.8 Å². The Balaban J connectivity index is 1.85. The number of hydrogen-bond acceptors (Lipinski definition) is 8. The monoisotopic (exact) mass is 484 g/mol. The van der Waals surface area contributed by atoms with E-state index in [2.05, 4.69) is 4.99 Å². The Kier molecular flexibility index (Phi) is 7.22. The maximum atomic E-state index is 13.5. The van der Waals surface area contributed by atoms with Crippen LogP contribution in [0.1, 0.15) is 30.3 Å². The molecule has 0 aliphatic carbocycles. The van der Waals surface area contributed by atoms with E-state index >= 15 is 0 Å². The maximum Gasteiger partial charge on any atom is 0.338 e. The Labute approximate surface area is 198 Å². The summed E-state index contributed by atoms with van der Waals surface area (Å²) in [6.07, 6.45) is 1.86. The number of carbonyl (C=O) groups excluding carboxylic acids is 1. The number of esters is 1. The summed E-state index contributed by atoms with van der Waals surface area (Å²) < 4.78 is 18.1. The molecule has 1 aliphatic rings. The van der Waals surface area contributed by atoms with E-state index < -0.39 is 12.0 Å². The van der Waals surface area contributed by atoms with Crippen molar-refractivity contribution < 1.29 is 19.0 Å². The molecule has 1 aliphatic heterocycles. The summed E-state index contributed by atoms with van der Waals surface area (Å²) in [6, 6.07) is 10.6. The molecule has 4 rings (SSSR count). The van der Waals surface area contributed by atoms with Crippen molar-refractivity contribution in [1.82, 2.24) is 4.57 Å². The first kappa shape index (κ1) is 23.2. The lowest BCUT2D eigenvalue weighted by molar-refractivity contribution is -0.140. The zero-order valence-corrected chi connectivity index (χ0v) is 20.2. The predicted molar refractivity (Wildman–Crippen MR) is 129 cm³/mol. The van der Waals surface area contributed by atoms with Crippen LogP contribution in [0.3, 0.4) is 0 Å². The van der Waals surface area contributed by atoms with E-state index in [1.165, 1.54) is 11.3 Å². The Bertz CT molecular complexity index is 1330. The van der Waals surface area contributed by atoms with Gasteiger partial charge in [-0.1, -0.05) is 29.5 Å². The van der Waals surface area contributed by atoms with Gasteiger partial charge in [0.25, 0.3) is 5.56 Å². The third-order valence-electron chi connectivity index (χ3n) is 5.09. The minimum absolute atomic E-state index is 0.116. The van der Waals surface area contributed by atoms with Crippen LogP contribution in [-0.2, 0) is 14.3 Å². The van der Waals surface area contributed by atoms with Crippen molar-refractivity contribution in [3.05, 3.63) is 83.2 Å². The van der Waals surface area contributed by atoms with E-state index in [1.54, 1.807) is 29.9 Å². The number of fused-ring (bicyclic) bond motifs is 1. The van der Waals surface area contributed by atoms with Gasteiger partial charge in [0.1, 0.15) is 12.4 Å². The number of benzene rings is 1. The molecule has 1 unspecified atom stereocenters. The van der Waals surface area contributed by atoms with Gasteiger partial charge in [0.2, 0.25) is 0 Å². The summed E-state index contributed by atoms with van der Waals surface area (Å²) in [5, 5.41) is 1.96. The molecule has 0 N–H and O–H groups in total. The molecule has 1 aromatic carbocycles. The van der Waals surface area contributed by atoms with Crippen LogP contribution in [0.2, 0.25) is 0 Å². The quantitative estimate of drug-likeness (QED) is 0.363. The molecule has 0 radical (unpaired) electrons. The van der Waals surface area contributed by atoms with E-state index in [9.17, 15) is 9.59 Å². The standard InChI is InChI=1S/C24H24N2O5S2/c1-4-30-17-9-7-16(8-10-17)21-20(23(28)31-12-11-29-3)15(2)25-24-26(21)22(27)19(33-24)14-18-6-5-13-32-18/h5-10,13-14,21H,4,11-12H2,1-3H3/b19-14-. The number of hydrogen-bond donors (Lipinski definition) is 0. The van der Waals surface area contributed by atoms with Crippen LogP contribution in [0, 0.1) is 0 Å². The molecule has 0 saturated carbocycles. The summed E-state index contributed by atoms with van der Waals surface area (Å²) in [5.74, 6) is 0.205. The zero-order valence-electron chi connectivity index (χ0n) is 18.6. The van der Waals surface area contributed by atoms with Gasteiger partial charge in [0.15, 0.2) is 4.80 Å². The average molecular weight is 485 g/mol. The van der Waals surface area contributed by atoms with Gasteiger partial charge in [0.05, 0.1) is 35.1 Å². The summed E-state index contributed by atoms with van der Waals surface area (Å²) in [7, 11) is 1.54. The maximum absolute atomic E-state index is 13.5. The molecule has 0 fully saturated rings. The van der Waals surface area contributed by atoms with Crippen LogP contribution in [0.5, 0.6) is 5.75 Å². The fourth-order valence-corrected chi connectivity index (χ4v) is 5.38. The van der Waals surface area contributed by atoms with E-state index in [0.717, 1.165) is 16.2 Å². The van der Waals surface area contributed by atoms with Crippen LogP contribution in [0.4, 0.5) is 0 Å². The molecule has 0 spiro atoms. The molecule has 7 nitrogen and oxygen atoms in total. The first-order valence-electron chi connectivity index (χ1n) is 10.5. The van der Waals surface area contributed by atoms with Gasteiger partial charge in [-0.25, -0.2) is 9.79 Å². The number of thiophene rings is 1. The molecular weight excluding hydrogens is 460 g/mol. The Morgan fingerprint density at radius 2 is 2.00 bits per heavy atom. The molecule has 33 heavy (non-hydrogen) atoms. The lowest BCUT2D eigenvalue weighted by atomic mass is 9.96. The first-order valence-corrected chi connectivity index (χ1v) is 12.2. The molecule has 3 aromatic rings. The van der Waals surface area contributed by atoms with Crippen molar-refractivity contribution in [2.24, 2.45) is 4.99 Å². The normalized spacial score (nSPS) is 15.8. The summed E-state index contributed by atoms with van der Waals surface area (Å²) >= 11 is 2.87. The number of nitrogens with zero attached hydrogens (tertiary/aromatic N) is 2. The van der Waals surface area contributed by atoms with Crippen LogP contribution in [0.15, 0.2) is 62.8 Å². The zero-order chi connectivity index (χ0) is 23.4. The minimum Gasteiger partial charge on any atom is -0.494 e. The van der Waals surface area contributed by atoms with Gasteiger partial charge in [-0.05, 0) is 49.1 Å². The first-order chi connectivity index (χ1) is 16.0. The average Bonchev–Trinajstić information content (AvgIpc) is 3.42. The Morgan fingerprint density at radius 3 is 2.67 bits per heavy atom. The molecule has 1 atom stereocenters. The molecule has 9 heteroatoms.